The van der Waals surface area contributed by atoms with Crippen LogP contribution in [0.25, 0.3) is 22.3 Å². The maximum atomic E-state index is 14.0. The minimum Gasteiger partial charge on any atom is -0.472 e. The van der Waals surface area contributed by atoms with Gasteiger partial charge in [-0.25, -0.2) is 27.5 Å². The van der Waals surface area contributed by atoms with Gasteiger partial charge in [0.2, 0.25) is 11.8 Å². The van der Waals surface area contributed by atoms with Crippen molar-refractivity contribution in [3.05, 3.63) is 190 Å². The predicted octanol–water partition coefficient (Wildman–Crippen LogP) is 11.7. The van der Waals surface area contributed by atoms with Gasteiger partial charge in [0.1, 0.15) is 58.7 Å². The van der Waals surface area contributed by atoms with E-state index < -0.39 is 23.3 Å². The highest BCUT2D eigenvalue weighted by Gasteiger charge is 2.33. The molecule has 272 valence electrons. The first kappa shape index (κ1) is 36.3. The first-order chi connectivity index (χ1) is 26.0. The van der Waals surface area contributed by atoms with Crippen LogP contribution in [-0.2, 0) is 9.47 Å². The van der Waals surface area contributed by atoms with Crippen LogP contribution in [0.5, 0.6) is 0 Å². The highest BCUT2D eigenvalue weighted by Crippen LogP contribution is 2.35. The third-order valence-electron chi connectivity index (χ3n) is 9.62. The summed E-state index contributed by atoms with van der Waals surface area (Å²) in [6, 6.07) is 39.6. The second-order valence-electron chi connectivity index (χ2n) is 13.6. The largest absolute Gasteiger partial charge is 0.472 e. The number of hydrogen-bond acceptors (Lipinski definition) is 4. The van der Waals surface area contributed by atoms with Crippen LogP contribution in [0.1, 0.15) is 59.3 Å². The molecule has 2 aliphatic heterocycles. The fourth-order valence-corrected chi connectivity index (χ4v) is 6.58. The van der Waals surface area contributed by atoms with Crippen molar-refractivity contribution in [2.75, 3.05) is 0 Å². The molecule has 0 aliphatic carbocycles. The number of aliphatic imine (C=N–C) groups is 2. The Morgan fingerprint density at radius 2 is 0.685 bits per heavy atom. The number of halogens is 4. The van der Waals surface area contributed by atoms with E-state index >= 15 is 0 Å². The Morgan fingerprint density at radius 3 is 0.981 bits per heavy atom. The predicted molar refractivity (Wildman–Crippen MR) is 206 cm³/mol. The molecule has 0 amide bonds. The van der Waals surface area contributed by atoms with Gasteiger partial charge in [-0.15, -0.1) is 0 Å². The van der Waals surface area contributed by atoms with Crippen LogP contribution >= 0.6 is 0 Å². The molecule has 0 radical (unpaired) electrons. The van der Waals surface area contributed by atoms with Crippen LogP contribution < -0.4 is 0 Å². The number of nitrogens with zero attached hydrogens (tertiary/aromatic N) is 2. The smallest absolute Gasteiger partial charge is 0.223 e. The number of benzene rings is 6. The van der Waals surface area contributed by atoms with Gasteiger partial charge in [-0.3, -0.25) is 0 Å². The molecule has 2 aliphatic rings. The summed E-state index contributed by atoms with van der Waals surface area (Å²) in [4.78, 5) is 8.92. The van der Waals surface area contributed by atoms with Crippen LogP contribution in [0.3, 0.4) is 0 Å². The van der Waals surface area contributed by atoms with Crippen LogP contribution in [0, 0.1) is 37.1 Å². The molecule has 4 atom stereocenters. The molecular weight excluding hydrogens is 689 g/mol. The molecular formula is C46H38F4N2O2. The molecule has 0 N–H and O–H groups in total. The van der Waals surface area contributed by atoms with E-state index in [0.717, 1.165) is 33.4 Å². The third-order valence-corrected chi connectivity index (χ3v) is 9.62. The second-order valence-corrected chi connectivity index (χ2v) is 13.6. The summed E-state index contributed by atoms with van der Waals surface area (Å²) in [6.45, 7) is 7.83. The Bertz CT molecular complexity index is 2110. The van der Waals surface area contributed by atoms with Crippen molar-refractivity contribution >= 4 is 11.8 Å². The number of aryl methyl sites for hydroxylation is 2. The van der Waals surface area contributed by atoms with Gasteiger partial charge in [0.05, 0.1) is 0 Å². The van der Waals surface area contributed by atoms with Gasteiger partial charge in [-0.1, -0.05) is 120 Å². The molecule has 0 bridgehead atoms. The molecule has 6 aromatic carbocycles. The third kappa shape index (κ3) is 7.69. The van der Waals surface area contributed by atoms with Gasteiger partial charge in [0, 0.05) is 0 Å². The molecule has 0 aromatic heterocycles. The lowest BCUT2D eigenvalue weighted by molar-refractivity contribution is 0.212. The van der Waals surface area contributed by atoms with E-state index in [9.17, 15) is 17.6 Å². The average Bonchev–Trinajstić information content (AvgIpc) is 3.74. The van der Waals surface area contributed by atoms with Gasteiger partial charge in [-0.2, -0.15) is 0 Å². The lowest BCUT2D eigenvalue weighted by Gasteiger charge is -2.13. The summed E-state index contributed by atoms with van der Waals surface area (Å²) in [5.74, 6) is -2.64. The molecule has 0 spiro atoms. The Balaban J connectivity index is 0.000000167. The zero-order valence-corrected chi connectivity index (χ0v) is 30.2. The van der Waals surface area contributed by atoms with Crippen molar-refractivity contribution < 1.29 is 27.0 Å². The summed E-state index contributed by atoms with van der Waals surface area (Å²) < 4.78 is 67.5. The van der Waals surface area contributed by atoms with E-state index in [1.165, 1.54) is 47.5 Å². The van der Waals surface area contributed by atoms with E-state index in [1.54, 1.807) is 0 Å². The molecule has 4 nitrogen and oxygen atoms in total. The molecule has 8 heteroatoms. The van der Waals surface area contributed by atoms with E-state index in [-0.39, 0.29) is 47.2 Å². The van der Waals surface area contributed by atoms with Crippen molar-refractivity contribution in [3.8, 4) is 22.3 Å². The normalized spacial score (nSPS) is 18.9. The fourth-order valence-electron chi connectivity index (χ4n) is 6.58. The molecule has 8 rings (SSSR count). The quantitative estimate of drug-likeness (QED) is 0.160. The van der Waals surface area contributed by atoms with Gasteiger partial charge in [-0.05, 0) is 85.3 Å². The molecule has 0 unspecified atom stereocenters. The zero-order chi connectivity index (χ0) is 37.9. The first-order valence-electron chi connectivity index (χ1n) is 17.8. The Morgan fingerprint density at radius 1 is 0.407 bits per heavy atom. The Kier molecular flexibility index (Phi) is 10.4. The monoisotopic (exact) mass is 726 g/mol. The zero-order valence-electron chi connectivity index (χ0n) is 30.2. The van der Waals surface area contributed by atoms with Crippen molar-refractivity contribution in [2.24, 2.45) is 9.98 Å². The molecule has 6 aromatic rings. The van der Waals surface area contributed by atoms with Gasteiger partial charge < -0.3 is 9.47 Å². The van der Waals surface area contributed by atoms with Crippen LogP contribution in [0.15, 0.2) is 143 Å². The lowest BCUT2D eigenvalue weighted by Crippen LogP contribution is -2.14. The fraction of sp³-hybridized carbons (Fsp3) is 0.174. The highest BCUT2D eigenvalue weighted by molar-refractivity contribution is 5.96. The van der Waals surface area contributed by atoms with E-state index in [1.807, 2.05) is 62.4 Å². The Labute approximate surface area is 312 Å². The summed E-state index contributed by atoms with van der Waals surface area (Å²) >= 11 is 0. The molecule has 0 saturated heterocycles. The molecule has 0 fully saturated rings. The van der Waals surface area contributed by atoms with Gasteiger partial charge in [0.15, 0.2) is 0 Å². The average molecular weight is 727 g/mol. The molecule has 54 heavy (non-hydrogen) atoms. The van der Waals surface area contributed by atoms with Crippen LogP contribution in [0.4, 0.5) is 17.6 Å². The van der Waals surface area contributed by atoms with Crippen molar-refractivity contribution in [3.63, 3.8) is 0 Å². The van der Waals surface area contributed by atoms with E-state index in [2.05, 4.69) is 72.4 Å². The van der Waals surface area contributed by atoms with Gasteiger partial charge >= 0.3 is 0 Å². The van der Waals surface area contributed by atoms with Gasteiger partial charge in [0.25, 0.3) is 0 Å². The summed E-state index contributed by atoms with van der Waals surface area (Å²) in [7, 11) is 0. The van der Waals surface area contributed by atoms with Crippen molar-refractivity contribution in [1.82, 2.24) is 0 Å². The molecule has 0 saturated carbocycles. The first-order valence-corrected chi connectivity index (χ1v) is 17.8. The SMILES string of the molecule is Cc1ccc(-c2ccc([C@@H]3N=C(c4c(F)cccc4F)O[C@@H]3C)cc2)cc1.Cc1ccc(-c2ccc([C@H]3N=C(c4c(F)cccc4F)O[C@H]3C)cc2)cc1. The summed E-state index contributed by atoms with van der Waals surface area (Å²) in [5.41, 5.74) is 8.41. The number of ether oxygens (including phenoxy) is 2. The van der Waals surface area contributed by atoms with E-state index in [0.29, 0.717) is 0 Å². The maximum absolute atomic E-state index is 14.0. The Hall–Kier alpha value is -6.02. The molecule has 2 heterocycles. The highest BCUT2D eigenvalue weighted by atomic mass is 19.1. The maximum Gasteiger partial charge on any atom is 0.223 e. The lowest BCUT2D eigenvalue weighted by atomic mass is 9.98. The summed E-state index contributed by atoms with van der Waals surface area (Å²) in [6.07, 6.45) is -0.603. The van der Waals surface area contributed by atoms with E-state index in [4.69, 9.17) is 9.47 Å². The summed E-state index contributed by atoms with van der Waals surface area (Å²) in [5, 5.41) is 0. The van der Waals surface area contributed by atoms with Crippen LogP contribution in [0.2, 0.25) is 0 Å². The van der Waals surface area contributed by atoms with Crippen molar-refractivity contribution in [1.29, 1.82) is 0 Å². The second kappa shape index (κ2) is 15.5. The topological polar surface area (TPSA) is 43.2 Å². The minimum atomic E-state index is -0.670. The van der Waals surface area contributed by atoms with Crippen molar-refractivity contribution in [2.45, 2.75) is 52.0 Å². The number of rotatable bonds is 6. The number of hydrogen-bond donors (Lipinski definition) is 0. The minimum absolute atomic E-state index is 0.0192. The standard InChI is InChI=1S/2C23H19F2NO/c2*1-14-6-8-16(9-7-14)17-10-12-18(13-11-17)22-15(2)27-23(26-22)21-19(24)4-3-5-20(21)25/h2*3-13,15,22H,1-2H3/t2*15-,22-/m10/s1. The van der Waals surface area contributed by atoms with Crippen LogP contribution in [-0.4, -0.2) is 24.0 Å².